The molecule has 0 nitrogen and oxygen atoms in total. The van der Waals surface area contributed by atoms with Crippen molar-refractivity contribution < 1.29 is 0 Å². The number of thioether (sulfide) groups is 1. The zero-order chi connectivity index (χ0) is 6.04. The molecule has 1 heterocycles. The Bertz CT molecular complexity index is 76.6. The Hall–Kier alpha value is 0.830. The largest absolute Gasteiger partial charge is 0.144 e. The minimum absolute atomic E-state index is 0.465. The number of alkyl halides is 1. The van der Waals surface area contributed by atoms with Gasteiger partial charge in [0.15, 0.2) is 0 Å². The summed E-state index contributed by atoms with van der Waals surface area (Å²) in [5.74, 6) is 1.35. The van der Waals surface area contributed by atoms with Crippen molar-refractivity contribution in [3.63, 3.8) is 0 Å². The van der Waals surface area contributed by atoms with Crippen LogP contribution in [0.1, 0.15) is 26.2 Å². The van der Waals surface area contributed by atoms with Crippen LogP contribution in [0.15, 0.2) is 0 Å². The molecule has 0 spiro atoms. The second kappa shape index (κ2) is 2.61. The Labute approximate surface area is 63.5 Å². The summed E-state index contributed by atoms with van der Waals surface area (Å²) >= 11 is 5.77. The highest BCUT2D eigenvalue weighted by Crippen LogP contribution is 2.45. The van der Waals surface area contributed by atoms with E-state index in [1.54, 1.807) is 0 Å². The molecule has 0 radical (unpaired) electrons. The van der Waals surface area contributed by atoms with Crippen LogP contribution < -0.4 is 0 Å². The van der Waals surface area contributed by atoms with Crippen LogP contribution in [0, 0.1) is 0 Å². The van der Waals surface area contributed by atoms with Crippen molar-refractivity contribution >= 4 is 27.7 Å². The second-order valence-electron chi connectivity index (χ2n) is 2.19. The summed E-state index contributed by atoms with van der Waals surface area (Å²) in [6.45, 7) is 2.24. The molecule has 0 aromatic carbocycles. The maximum Gasteiger partial charge on any atom is 0.0706 e. The van der Waals surface area contributed by atoms with Crippen LogP contribution in [-0.4, -0.2) is 9.41 Å². The van der Waals surface area contributed by atoms with Gasteiger partial charge in [-0.25, -0.2) is 0 Å². The van der Waals surface area contributed by atoms with Crippen LogP contribution in [0.5, 0.6) is 0 Å². The minimum atomic E-state index is 0.465. The smallest absolute Gasteiger partial charge is 0.0706 e. The molecule has 1 aliphatic rings. The highest BCUT2D eigenvalue weighted by atomic mass is 79.9. The normalized spacial score (nSPS) is 38.2. The quantitative estimate of drug-likeness (QED) is 0.579. The third-order valence-electron chi connectivity index (χ3n) is 1.58. The Morgan fingerprint density at radius 1 is 1.75 bits per heavy atom. The van der Waals surface area contributed by atoms with E-state index in [4.69, 9.17) is 0 Å². The van der Waals surface area contributed by atoms with Crippen LogP contribution in [0.2, 0.25) is 0 Å². The highest BCUT2D eigenvalue weighted by Gasteiger charge is 2.28. The van der Waals surface area contributed by atoms with Crippen molar-refractivity contribution in [1.82, 2.24) is 0 Å². The molecule has 0 aliphatic carbocycles. The number of hydrogen-bond donors (Lipinski definition) is 0. The highest BCUT2D eigenvalue weighted by molar-refractivity contribution is 9.11. The minimum Gasteiger partial charge on any atom is -0.144 e. The first-order chi connectivity index (χ1) is 3.77. The number of rotatable bonds is 1. The first kappa shape index (κ1) is 6.94. The molecule has 1 fully saturated rings. The molecular weight excluding hydrogens is 184 g/mol. The summed E-state index contributed by atoms with van der Waals surface area (Å²) in [7, 11) is 0. The average molecular weight is 195 g/mol. The van der Waals surface area contributed by atoms with E-state index in [0.29, 0.717) is 3.66 Å². The van der Waals surface area contributed by atoms with Gasteiger partial charge in [-0.2, -0.15) is 0 Å². The molecule has 0 saturated carbocycles. The van der Waals surface area contributed by atoms with E-state index < -0.39 is 0 Å². The Morgan fingerprint density at radius 3 is 2.75 bits per heavy atom. The van der Waals surface area contributed by atoms with Crippen molar-refractivity contribution in [2.24, 2.45) is 0 Å². The summed E-state index contributed by atoms with van der Waals surface area (Å²) in [6.07, 6.45) is 4.01. The van der Waals surface area contributed by atoms with Gasteiger partial charge in [-0.15, -0.1) is 11.8 Å². The molecule has 0 aromatic heterocycles. The lowest BCUT2D eigenvalue weighted by molar-refractivity contribution is 0.725. The van der Waals surface area contributed by atoms with Crippen LogP contribution in [0.4, 0.5) is 0 Å². The predicted molar refractivity (Wildman–Crippen MR) is 43.6 cm³/mol. The number of halogens is 1. The van der Waals surface area contributed by atoms with Gasteiger partial charge >= 0.3 is 0 Å². The van der Waals surface area contributed by atoms with E-state index in [-0.39, 0.29) is 0 Å². The van der Waals surface area contributed by atoms with Gasteiger partial charge in [-0.05, 0) is 25.0 Å². The summed E-state index contributed by atoms with van der Waals surface area (Å²) in [6, 6.07) is 0. The fourth-order valence-corrected chi connectivity index (χ4v) is 2.86. The lowest BCUT2D eigenvalue weighted by Gasteiger charge is -2.16. The Kier molecular flexibility index (Phi) is 2.27. The molecule has 48 valence electrons. The standard InChI is InChI=1S/C6H11BrS/c1-2-6(7)4-3-5-8-6/h2-5H2,1H3. The molecule has 0 aromatic rings. The third kappa shape index (κ3) is 1.41. The second-order valence-corrected chi connectivity index (χ2v) is 5.71. The third-order valence-corrected chi connectivity index (χ3v) is 4.73. The molecule has 8 heavy (non-hydrogen) atoms. The first-order valence-electron chi connectivity index (χ1n) is 3.10. The van der Waals surface area contributed by atoms with Crippen LogP contribution in [0.25, 0.3) is 0 Å². The van der Waals surface area contributed by atoms with Gasteiger partial charge in [-0.3, -0.25) is 0 Å². The van der Waals surface area contributed by atoms with Gasteiger partial charge in [0.25, 0.3) is 0 Å². The molecule has 2 heteroatoms. The molecule has 0 N–H and O–H groups in total. The van der Waals surface area contributed by atoms with E-state index in [1.165, 1.54) is 25.0 Å². The average Bonchev–Trinajstić information content (AvgIpc) is 2.17. The van der Waals surface area contributed by atoms with Gasteiger partial charge < -0.3 is 0 Å². The summed E-state index contributed by atoms with van der Waals surface area (Å²) in [5, 5.41) is 0. The van der Waals surface area contributed by atoms with Gasteiger partial charge in [0.2, 0.25) is 0 Å². The Balaban J connectivity index is 2.40. The number of hydrogen-bond acceptors (Lipinski definition) is 1. The van der Waals surface area contributed by atoms with Crippen molar-refractivity contribution in [3.05, 3.63) is 0 Å². The van der Waals surface area contributed by atoms with Crippen molar-refractivity contribution in [3.8, 4) is 0 Å². The first-order valence-corrected chi connectivity index (χ1v) is 4.87. The van der Waals surface area contributed by atoms with Crippen LogP contribution >= 0.6 is 27.7 Å². The zero-order valence-corrected chi connectivity index (χ0v) is 7.52. The van der Waals surface area contributed by atoms with Gasteiger partial charge in [-0.1, -0.05) is 22.9 Å². The van der Waals surface area contributed by atoms with Gasteiger partial charge in [0, 0.05) is 0 Å². The van der Waals surface area contributed by atoms with Crippen molar-refractivity contribution in [2.45, 2.75) is 29.8 Å². The SMILES string of the molecule is CCC1(Br)CCCS1. The lowest BCUT2D eigenvalue weighted by atomic mass is 10.2. The van der Waals surface area contributed by atoms with Crippen molar-refractivity contribution in [1.29, 1.82) is 0 Å². The fraction of sp³-hybridized carbons (Fsp3) is 1.00. The maximum atomic E-state index is 3.71. The molecule has 0 amide bonds. The zero-order valence-electron chi connectivity index (χ0n) is 5.11. The van der Waals surface area contributed by atoms with Crippen molar-refractivity contribution in [2.75, 3.05) is 5.75 Å². The van der Waals surface area contributed by atoms with E-state index >= 15 is 0 Å². The molecule has 0 bridgehead atoms. The molecule has 1 rings (SSSR count). The molecule has 1 unspecified atom stereocenters. The molecule has 1 atom stereocenters. The monoisotopic (exact) mass is 194 g/mol. The predicted octanol–water partition coefficient (Wildman–Crippen LogP) is 3.01. The topological polar surface area (TPSA) is 0 Å². The summed E-state index contributed by atoms with van der Waals surface area (Å²) < 4.78 is 0.465. The fourth-order valence-electron chi connectivity index (χ4n) is 0.942. The van der Waals surface area contributed by atoms with Crippen LogP contribution in [-0.2, 0) is 0 Å². The summed E-state index contributed by atoms with van der Waals surface area (Å²) in [4.78, 5) is 0. The van der Waals surface area contributed by atoms with E-state index in [9.17, 15) is 0 Å². The molecule has 1 saturated heterocycles. The Morgan fingerprint density at radius 2 is 2.50 bits per heavy atom. The van der Waals surface area contributed by atoms with E-state index in [2.05, 4.69) is 34.6 Å². The molecular formula is C6H11BrS. The summed E-state index contributed by atoms with van der Waals surface area (Å²) in [5.41, 5.74) is 0. The van der Waals surface area contributed by atoms with E-state index in [1.807, 2.05) is 0 Å². The van der Waals surface area contributed by atoms with E-state index in [0.717, 1.165) is 0 Å². The maximum absolute atomic E-state index is 3.71. The van der Waals surface area contributed by atoms with Gasteiger partial charge in [0.05, 0.1) is 3.66 Å². The molecule has 1 aliphatic heterocycles. The van der Waals surface area contributed by atoms with Crippen LogP contribution in [0.3, 0.4) is 0 Å². The van der Waals surface area contributed by atoms with Gasteiger partial charge in [0.1, 0.15) is 0 Å². The lowest BCUT2D eigenvalue weighted by Crippen LogP contribution is -2.07.